The molecule has 1 unspecified atom stereocenters. The highest BCUT2D eigenvalue weighted by Gasteiger charge is 2.38. The molecule has 46 heavy (non-hydrogen) atoms. The van der Waals surface area contributed by atoms with Crippen molar-refractivity contribution in [3.05, 3.63) is 105 Å². The molecule has 15 heteroatoms. The number of carboxylic acids is 1. The molecule has 0 aliphatic heterocycles. The van der Waals surface area contributed by atoms with Crippen molar-refractivity contribution in [1.29, 1.82) is 0 Å². The highest BCUT2D eigenvalue weighted by atomic mass is 35.5. The maximum atomic E-state index is 14.8. The van der Waals surface area contributed by atoms with Gasteiger partial charge in [0, 0.05) is 18.8 Å². The van der Waals surface area contributed by atoms with E-state index in [1.807, 2.05) is 30.3 Å². The number of carbonyl (C=O) groups is 1. The first kappa shape index (κ1) is 32.4. The number of alkyl halides is 3. The zero-order chi connectivity index (χ0) is 33.2. The van der Waals surface area contributed by atoms with Crippen molar-refractivity contribution >= 4 is 28.3 Å². The summed E-state index contributed by atoms with van der Waals surface area (Å²) in [5.74, 6) is -3.80. The van der Waals surface area contributed by atoms with Crippen molar-refractivity contribution in [2.24, 2.45) is 0 Å². The fraction of sp³-hybridized carbons (Fsp3) is 0.226. The minimum atomic E-state index is -4.79. The number of pyridine rings is 1. The van der Waals surface area contributed by atoms with Crippen LogP contribution in [0.25, 0.3) is 16.5 Å². The average molecular weight is 661 g/mol. The second-order valence-electron chi connectivity index (χ2n) is 9.94. The second kappa shape index (κ2) is 13.2. The van der Waals surface area contributed by atoms with Crippen LogP contribution in [0.5, 0.6) is 17.4 Å². The fourth-order valence-electron chi connectivity index (χ4n) is 4.53. The van der Waals surface area contributed by atoms with Crippen LogP contribution in [-0.2, 0) is 24.5 Å². The molecule has 0 aliphatic rings. The minimum Gasteiger partial charge on any atom is -0.480 e. The molecule has 2 aromatic heterocycles. The first-order valence-electron chi connectivity index (χ1n) is 13.7. The molecule has 0 bridgehead atoms. The third kappa shape index (κ3) is 6.67. The number of hydrogen-bond acceptors (Lipinski definition) is 7. The van der Waals surface area contributed by atoms with Gasteiger partial charge in [-0.2, -0.15) is 17.9 Å². The van der Waals surface area contributed by atoms with Crippen molar-refractivity contribution in [3.8, 4) is 23.1 Å². The third-order valence-electron chi connectivity index (χ3n) is 6.86. The van der Waals surface area contributed by atoms with E-state index in [9.17, 15) is 32.3 Å². The van der Waals surface area contributed by atoms with Crippen LogP contribution in [0.4, 0.5) is 17.6 Å². The number of aromatic carboxylic acids is 1. The molecular formula is C31H25ClF4N4O6. The molecule has 0 saturated carbocycles. The Labute approximate surface area is 263 Å². The number of aromatic nitrogens is 4. The maximum Gasteiger partial charge on any atom is 0.425 e. The summed E-state index contributed by atoms with van der Waals surface area (Å²) in [5, 5.41) is 13.2. The Morgan fingerprint density at radius 2 is 1.83 bits per heavy atom. The number of ether oxygens (including phenoxy) is 3. The highest BCUT2D eigenvalue weighted by molar-refractivity contribution is 6.35. The Balaban J connectivity index is 1.60. The number of halogens is 5. The van der Waals surface area contributed by atoms with E-state index < -0.39 is 57.7 Å². The van der Waals surface area contributed by atoms with Crippen molar-refractivity contribution in [1.82, 2.24) is 19.3 Å². The van der Waals surface area contributed by atoms with Crippen molar-refractivity contribution in [3.63, 3.8) is 0 Å². The lowest BCUT2D eigenvalue weighted by Gasteiger charge is -2.20. The lowest BCUT2D eigenvalue weighted by atomic mass is 10.1. The van der Waals surface area contributed by atoms with E-state index >= 15 is 0 Å². The molecule has 0 radical (unpaired) electrons. The van der Waals surface area contributed by atoms with Crippen LogP contribution >= 0.6 is 11.6 Å². The van der Waals surface area contributed by atoms with Gasteiger partial charge in [0.15, 0.2) is 23.5 Å². The Bertz CT molecular complexity index is 1960. The molecule has 0 amide bonds. The minimum absolute atomic E-state index is 0.0311. The molecule has 1 atom stereocenters. The molecule has 0 aliphatic carbocycles. The average Bonchev–Trinajstić information content (AvgIpc) is 3.33. The van der Waals surface area contributed by atoms with E-state index in [0.29, 0.717) is 0 Å². The lowest BCUT2D eigenvalue weighted by molar-refractivity contribution is -0.189. The zero-order valence-corrected chi connectivity index (χ0v) is 25.0. The van der Waals surface area contributed by atoms with Gasteiger partial charge in [-0.05, 0) is 49.1 Å². The fourth-order valence-corrected chi connectivity index (χ4v) is 4.81. The van der Waals surface area contributed by atoms with Gasteiger partial charge in [0.25, 0.3) is 0 Å². The van der Waals surface area contributed by atoms with Crippen LogP contribution in [0.15, 0.2) is 71.7 Å². The van der Waals surface area contributed by atoms with Crippen molar-refractivity contribution in [2.45, 2.75) is 45.9 Å². The summed E-state index contributed by atoms with van der Waals surface area (Å²) >= 11 is 6.11. The Morgan fingerprint density at radius 3 is 2.50 bits per heavy atom. The number of carboxylic acid groups (broad SMARTS) is 1. The normalized spacial score (nSPS) is 12.3. The lowest BCUT2D eigenvalue weighted by Crippen LogP contribution is -2.31. The number of nitrogens with zero attached hydrogens (tertiary/aromatic N) is 4. The molecule has 5 aromatic rings. The largest absolute Gasteiger partial charge is 0.480 e. The predicted octanol–water partition coefficient (Wildman–Crippen LogP) is 6.93. The maximum absolute atomic E-state index is 14.8. The molecule has 10 nitrogen and oxygen atoms in total. The van der Waals surface area contributed by atoms with Gasteiger partial charge in [0.2, 0.25) is 5.88 Å². The van der Waals surface area contributed by atoms with Crippen LogP contribution in [0, 0.1) is 5.82 Å². The third-order valence-corrected chi connectivity index (χ3v) is 7.24. The number of hydrogen-bond donors (Lipinski definition) is 1. The van der Waals surface area contributed by atoms with Crippen LogP contribution < -0.4 is 15.2 Å². The van der Waals surface area contributed by atoms with Crippen molar-refractivity contribution in [2.75, 3.05) is 0 Å². The van der Waals surface area contributed by atoms with E-state index in [1.54, 1.807) is 6.92 Å². The number of fused-ring (bicyclic) bond motifs is 1. The Morgan fingerprint density at radius 1 is 1.09 bits per heavy atom. The van der Waals surface area contributed by atoms with Gasteiger partial charge in [-0.25, -0.2) is 19.0 Å². The quantitative estimate of drug-likeness (QED) is 0.152. The summed E-state index contributed by atoms with van der Waals surface area (Å²) in [7, 11) is 0. The summed E-state index contributed by atoms with van der Waals surface area (Å²) in [4.78, 5) is 29.0. The van der Waals surface area contributed by atoms with Gasteiger partial charge in [0.1, 0.15) is 17.4 Å². The van der Waals surface area contributed by atoms with Crippen LogP contribution in [-0.4, -0.2) is 42.7 Å². The number of benzene rings is 3. The standard InChI is InChI=1S/C31H25ClF4N4O6/c1-3-39-24(16-44-15-18-7-5-4-6-8-18)38-40(30(39)43)20-13-19-11-12-37-28(25(19)23(14-20)45-17(2)31(34,35)36)46-27-22(33)10-9-21(26(27)32)29(41)42/h4-14,17H,3,15-16H2,1-2H3,(H,41,42). The summed E-state index contributed by atoms with van der Waals surface area (Å²) < 4.78 is 74.8. The van der Waals surface area contributed by atoms with Crippen LogP contribution in [0.1, 0.15) is 35.6 Å². The predicted molar refractivity (Wildman–Crippen MR) is 158 cm³/mol. The smallest absolute Gasteiger partial charge is 0.425 e. The van der Waals surface area contributed by atoms with E-state index in [-0.39, 0.29) is 42.0 Å². The van der Waals surface area contributed by atoms with E-state index in [2.05, 4.69) is 10.1 Å². The molecule has 0 saturated heterocycles. The van der Waals surface area contributed by atoms with Crippen LogP contribution in [0.2, 0.25) is 5.02 Å². The first-order valence-corrected chi connectivity index (χ1v) is 14.1. The monoisotopic (exact) mass is 660 g/mol. The summed E-state index contributed by atoms with van der Waals surface area (Å²) in [6.45, 7) is 2.96. The van der Waals surface area contributed by atoms with Gasteiger partial charge < -0.3 is 19.3 Å². The molecule has 2 heterocycles. The van der Waals surface area contributed by atoms with Gasteiger partial charge in [0.05, 0.1) is 23.2 Å². The Kier molecular flexibility index (Phi) is 9.30. The molecule has 5 rings (SSSR count). The summed E-state index contributed by atoms with van der Waals surface area (Å²) in [6, 6.07) is 15.1. The molecular weight excluding hydrogens is 636 g/mol. The summed E-state index contributed by atoms with van der Waals surface area (Å²) in [6.07, 6.45) is -5.90. The SMILES string of the molecule is CCn1c(COCc2ccccc2)nn(-c2cc(OC(C)C(F)(F)F)c3c(Oc4c(F)ccc(C(=O)O)c4Cl)nccc3c2)c1=O. The topological polar surface area (TPSA) is 118 Å². The van der Waals surface area contributed by atoms with E-state index in [4.69, 9.17) is 25.8 Å². The van der Waals surface area contributed by atoms with Crippen molar-refractivity contribution < 1.29 is 41.7 Å². The summed E-state index contributed by atoms with van der Waals surface area (Å²) in [5.41, 5.74) is -0.102. The number of rotatable bonds is 11. The van der Waals surface area contributed by atoms with Gasteiger partial charge in [-0.1, -0.05) is 41.9 Å². The Hall–Kier alpha value is -4.95. The van der Waals surface area contributed by atoms with E-state index in [0.717, 1.165) is 35.4 Å². The van der Waals surface area contributed by atoms with Gasteiger partial charge in [-0.3, -0.25) is 4.57 Å². The molecule has 0 spiro atoms. The van der Waals surface area contributed by atoms with Gasteiger partial charge >= 0.3 is 17.8 Å². The second-order valence-corrected chi connectivity index (χ2v) is 10.3. The zero-order valence-electron chi connectivity index (χ0n) is 24.2. The molecule has 0 fully saturated rings. The molecule has 1 N–H and O–H groups in total. The van der Waals surface area contributed by atoms with Crippen LogP contribution in [0.3, 0.4) is 0 Å². The van der Waals surface area contributed by atoms with E-state index in [1.165, 1.54) is 22.9 Å². The highest BCUT2D eigenvalue weighted by Crippen LogP contribution is 2.41. The van der Waals surface area contributed by atoms with Gasteiger partial charge in [-0.15, -0.1) is 5.10 Å². The molecule has 240 valence electrons. The molecule has 3 aromatic carbocycles. The first-order chi connectivity index (χ1) is 21.9.